The first kappa shape index (κ1) is 15.4. The Morgan fingerprint density at radius 2 is 2.17 bits per heavy atom. The molecular formula is C14H17N5O4. The molecule has 1 N–H and O–H groups in total. The van der Waals surface area contributed by atoms with E-state index in [-0.39, 0.29) is 17.5 Å². The van der Waals surface area contributed by atoms with E-state index in [1.165, 1.54) is 17.0 Å². The van der Waals surface area contributed by atoms with Gasteiger partial charge in [0.1, 0.15) is 12.9 Å². The van der Waals surface area contributed by atoms with Crippen LogP contribution in [0.5, 0.6) is 5.88 Å². The molecule has 2 aromatic heterocycles. The maximum atomic E-state index is 11.2. The molecule has 3 heterocycles. The normalized spacial score (nSPS) is 15.5. The van der Waals surface area contributed by atoms with Crippen molar-refractivity contribution in [3.05, 3.63) is 30.5 Å². The highest BCUT2D eigenvalue weighted by atomic mass is 16.5. The van der Waals surface area contributed by atoms with Gasteiger partial charge in [0.05, 0.1) is 13.2 Å². The van der Waals surface area contributed by atoms with E-state index in [9.17, 15) is 4.79 Å². The summed E-state index contributed by atoms with van der Waals surface area (Å²) < 4.78 is 12.4. The summed E-state index contributed by atoms with van der Waals surface area (Å²) in [5, 5.41) is 9.17. The first-order valence-corrected chi connectivity index (χ1v) is 7.26. The van der Waals surface area contributed by atoms with Crippen LogP contribution in [0.25, 0.3) is 5.95 Å². The van der Waals surface area contributed by atoms with E-state index in [1.807, 2.05) is 0 Å². The Morgan fingerprint density at radius 3 is 2.87 bits per heavy atom. The van der Waals surface area contributed by atoms with Crippen LogP contribution in [0.2, 0.25) is 0 Å². The van der Waals surface area contributed by atoms with Gasteiger partial charge >= 0.3 is 5.97 Å². The highest BCUT2D eigenvalue weighted by molar-refractivity contribution is 5.85. The lowest BCUT2D eigenvalue weighted by Crippen LogP contribution is -2.38. The fourth-order valence-electron chi connectivity index (χ4n) is 2.19. The lowest BCUT2D eigenvalue weighted by atomic mass is 10.4. The van der Waals surface area contributed by atoms with Crippen LogP contribution in [0.1, 0.15) is 10.5 Å². The molecule has 122 valence electrons. The molecule has 1 aliphatic rings. The average Bonchev–Trinajstić information content (AvgIpc) is 3.10. The first-order chi connectivity index (χ1) is 11.2. The summed E-state index contributed by atoms with van der Waals surface area (Å²) >= 11 is 0. The number of nitrogens with zero attached hydrogens (tertiary/aromatic N) is 5. The largest absolute Gasteiger partial charge is 0.477 e. The summed E-state index contributed by atoms with van der Waals surface area (Å²) in [5.74, 6) is -0.690. The van der Waals surface area contributed by atoms with Crippen LogP contribution in [-0.2, 0) is 4.74 Å². The van der Waals surface area contributed by atoms with Crippen molar-refractivity contribution in [1.82, 2.24) is 24.4 Å². The van der Waals surface area contributed by atoms with Crippen LogP contribution in [-0.4, -0.2) is 74.9 Å². The van der Waals surface area contributed by atoms with Gasteiger partial charge in [-0.1, -0.05) is 0 Å². The number of hydrogen-bond acceptors (Lipinski definition) is 7. The molecular weight excluding hydrogens is 302 g/mol. The molecule has 1 fully saturated rings. The maximum absolute atomic E-state index is 11.2. The molecule has 1 aliphatic heterocycles. The van der Waals surface area contributed by atoms with E-state index < -0.39 is 5.97 Å². The molecule has 0 unspecified atom stereocenters. The molecule has 0 saturated carbocycles. The van der Waals surface area contributed by atoms with Gasteiger partial charge in [-0.2, -0.15) is 4.98 Å². The Morgan fingerprint density at radius 1 is 1.35 bits per heavy atom. The third kappa shape index (κ3) is 4.02. The van der Waals surface area contributed by atoms with Crippen molar-refractivity contribution in [2.24, 2.45) is 0 Å². The van der Waals surface area contributed by atoms with E-state index in [1.54, 1.807) is 12.4 Å². The SMILES string of the molecule is O=C(O)c1cc(OCCN2CCOCC2)nc(-n2ccnc2)n1. The molecule has 0 amide bonds. The number of morpholine rings is 1. The summed E-state index contributed by atoms with van der Waals surface area (Å²) in [7, 11) is 0. The number of hydrogen-bond donors (Lipinski definition) is 1. The molecule has 0 radical (unpaired) electrons. The van der Waals surface area contributed by atoms with Crippen LogP contribution < -0.4 is 4.74 Å². The molecule has 23 heavy (non-hydrogen) atoms. The fraction of sp³-hybridized carbons (Fsp3) is 0.429. The molecule has 0 atom stereocenters. The molecule has 9 heteroatoms. The molecule has 0 aliphatic carbocycles. The summed E-state index contributed by atoms with van der Waals surface area (Å²) in [5.41, 5.74) is -0.120. The number of carboxylic acids is 1. The second-order valence-electron chi connectivity index (χ2n) is 4.97. The lowest BCUT2D eigenvalue weighted by molar-refractivity contribution is 0.0319. The number of carbonyl (C=O) groups is 1. The van der Waals surface area contributed by atoms with Gasteiger partial charge in [-0.3, -0.25) is 9.47 Å². The third-order valence-electron chi connectivity index (χ3n) is 3.41. The van der Waals surface area contributed by atoms with Gasteiger partial charge < -0.3 is 14.6 Å². The molecule has 0 bridgehead atoms. The molecule has 0 spiro atoms. The van der Waals surface area contributed by atoms with Crippen LogP contribution >= 0.6 is 0 Å². The van der Waals surface area contributed by atoms with Crippen LogP contribution in [0.3, 0.4) is 0 Å². The Balaban J connectivity index is 1.69. The number of aromatic nitrogens is 4. The van der Waals surface area contributed by atoms with Gasteiger partial charge in [0.25, 0.3) is 0 Å². The maximum Gasteiger partial charge on any atom is 0.354 e. The zero-order chi connectivity index (χ0) is 16.1. The lowest BCUT2D eigenvalue weighted by Gasteiger charge is -2.26. The Kier molecular flexibility index (Phi) is 4.79. The van der Waals surface area contributed by atoms with Crippen molar-refractivity contribution in [2.45, 2.75) is 0 Å². The topological polar surface area (TPSA) is 103 Å². The summed E-state index contributed by atoms with van der Waals surface area (Å²) in [6.45, 7) is 4.33. The third-order valence-corrected chi connectivity index (χ3v) is 3.41. The Labute approximate surface area is 132 Å². The van der Waals surface area contributed by atoms with Gasteiger partial charge in [-0.15, -0.1) is 0 Å². The molecule has 9 nitrogen and oxygen atoms in total. The summed E-state index contributed by atoms with van der Waals surface area (Å²) in [6.07, 6.45) is 4.70. The van der Waals surface area contributed by atoms with Gasteiger partial charge in [0.2, 0.25) is 11.8 Å². The van der Waals surface area contributed by atoms with E-state index in [2.05, 4.69) is 19.9 Å². The zero-order valence-electron chi connectivity index (χ0n) is 12.5. The predicted octanol–water partition coefficient (Wildman–Crippen LogP) is 0.0715. The van der Waals surface area contributed by atoms with Crippen molar-refractivity contribution in [3.8, 4) is 11.8 Å². The van der Waals surface area contributed by atoms with Crippen molar-refractivity contribution in [3.63, 3.8) is 0 Å². The van der Waals surface area contributed by atoms with Crippen LogP contribution in [0.15, 0.2) is 24.8 Å². The Bertz CT molecular complexity index is 655. The number of aromatic carboxylic acids is 1. The molecule has 1 saturated heterocycles. The monoisotopic (exact) mass is 319 g/mol. The summed E-state index contributed by atoms with van der Waals surface area (Å²) in [4.78, 5) is 25.5. The van der Waals surface area contributed by atoms with Crippen LogP contribution in [0, 0.1) is 0 Å². The van der Waals surface area contributed by atoms with Gasteiger partial charge in [0.15, 0.2) is 5.69 Å². The molecule has 3 rings (SSSR count). The van der Waals surface area contributed by atoms with Crippen molar-refractivity contribution in [2.75, 3.05) is 39.5 Å². The second-order valence-corrected chi connectivity index (χ2v) is 4.97. The smallest absolute Gasteiger partial charge is 0.354 e. The number of carboxylic acid groups (broad SMARTS) is 1. The molecule has 2 aromatic rings. The standard InChI is InChI=1S/C14H17N5O4/c20-13(21)11-9-12(17-14(16-11)19-2-1-15-10-19)23-8-5-18-3-6-22-7-4-18/h1-2,9-10H,3-8H2,(H,20,21). The Hall–Kier alpha value is -2.52. The van der Waals surface area contributed by atoms with Gasteiger partial charge in [0, 0.05) is 38.1 Å². The zero-order valence-corrected chi connectivity index (χ0v) is 12.5. The highest BCUT2D eigenvalue weighted by Crippen LogP contribution is 2.12. The van der Waals surface area contributed by atoms with Crippen molar-refractivity contribution in [1.29, 1.82) is 0 Å². The van der Waals surface area contributed by atoms with E-state index in [0.717, 1.165) is 32.8 Å². The van der Waals surface area contributed by atoms with Crippen molar-refractivity contribution < 1.29 is 19.4 Å². The minimum absolute atomic E-state index is 0.120. The number of rotatable bonds is 6. The average molecular weight is 319 g/mol. The molecule has 0 aromatic carbocycles. The quantitative estimate of drug-likeness (QED) is 0.798. The summed E-state index contributed by atoms with van der Waals surface area (Å²) in [6, 6.07) is 1.32. The predicted molar refractivity (Wildman–Crippen MR) is 78.9 cm³/mol. The van der Waals surface area contributed by atoms with Gasteiger partial charge in [-0.05, 0) is 0 Å². The minimum atomic E-state index is -1.13. The fourth-order valence-corrected chi connectivity index (χ4v) is 2.19. The van der Waals surface area contributed by atoms with E-state index in [4.69, 9.17) is 14.6 Å². The number of imidazole rings is 1. The van der Waals surface area contributed by atoms with E-state index >= 15 is 0 Å². The van der Waals surface area contributed by atoms with Crippen molar-refractivity contribution >= 4 is 5.97 Å². The first-order valence-electron chi connectivity index (χ1n) is 7.26. The van der Waals surface area contributed by atoms with E-state index in [0.29, 0.717) is 6.61 Å². The van der Waals surface area contributed by atoms with Gasteiger partial charge in [-0.25, -0.2) is 14.8 Å². The number of ether oxygens (including phenoxy) is 2. The second kappa shape index (κ2) is 7.16. The minimum Gasteiger partial charge on any atom is -0.477 e. The highest BCUT2D eigenvalue weighted by Gasteiger charge is 2.14. The van der Waals surface area contributed by atoms with Crippen LogP contribution in [0.4, 0.5) is 0 Å².